The van der Waals surface area contributed by atoms with Gasteiger partial charge < -0.3 is 9.26 Å². The molecule has 1 aromatic carbocycles. The minimum Gasteiger partial charge on any atom is -0.496 e. The summed E-state index contributed by atoms with van der Waals surface area (Å²) in [5.74, 6) is 2.16. The lowest BCUT2D eigenvalue weighted by molar-refractivity contribution is 0.390. The molecule has 1 unspecified atom stereocenters. The van der Waals surface area contributed by atoms with Gasteiger partial charge >= 0.3 is 0 Å². The van der Waals surface area contributed by atoms with Crippen LogP contribution in [0.15, 0.2) is 33.3 Å². The van der Waals surface area contributed by atoms with Gasteiger partial charge in [0.2, 0.25) is 0 Å². The molecule has 0 saturated heterocycles. The van der Waals surface area contributed by atoms with Crippen molar-refractivity contribution in [3.05, 3.63) is 45.8 Å². The molecule has 1 atom stereocenters. The van der Waals surface area contributed by atoms with E-state index in [2.05, 4.69) is 21.1 Å². The van der Waals surface area contributed by atoms with E-state index >= 15 is 0 Å². The number of hydrogen-bond acceptors (Lipinski definition) is 4. The van der Waals surface area contributed by atoms with Gasteiger partial charge in [0.05, 0.1) is 24.3 Å². The van der Waals surface area contributed by atoms with Crippen molar-refractivity contribution in [2.45, 2.75) is 18.4 Å². The first-order chi connectivity index (χ1) is 9.08. The number of aryl methyl sites for hydroxylation is 1. The molecule has 19 heavy (non-hydrogen) atoms. The van der Waals surface area contributed by atoms with E-state index < -0.39 is 10.8 Å². The Bertz CT molecular complexity index is 597. The molecule has 0 radical (unpaired) electrons. The van der Waals surface area contributed by atoms with Crippen molar-refractivity contribution < 1.29 is 13.5 Å². The number of nitrogens with zero attached hydrogens (tertiary/aromatic N) is 1. The summed E-state index contributed by atoms with van der Waals surface area (Å²) in [6.07, 6.45) is 0. The number of halogens is 1. The second-order valence-corrected chi connectivity index (χ2v) is 6.49. The molecule has 0 aliphatic carbocycles. The molecule has 0 aliphatic rings. The summed E-state index contributed by atoms with van der Waals surface area (Å²) in [5.41, 5.74) is 1.71. The maximum absolute atomic E-state index is 12.1. The van der Waals surface area contributed by atoms with Crippen LogP contribution < -0.4 is 4.74 Å². The van der Waals surface area contributed by atoms with Gasteiger partial charge in [-0.3, -0.25) is 4.21 Å². The molecule has 0 saturated carbocycles. The summed E-state index contributed by atoms with van der Waals surface area (Å²) in [6, 6.07) is 7.47. The van der Waals surface area contributed by atoms with E-state index in [0.717, 1.165) is 21.5 Å². The summed E-state index contributed by atoms with van der Waals surface area (Å²) in [5, 5.41) is 3.78. The van der Waals surface area contributed by atoms with Crippen LogP contribution in [-0.2, 0) is 22.3 Å². The fraction of sp³-hybridized carbons (Fsp3) is 0.308. The molecule has 0 spiro atoms. The van der Waals surface area contributed by atoms with Crippen molar-refractivity contribution in [2.24, 2.45) is 0 Å². The van der Waals surface area contributed by atoms with Crippen LogP contribution in [-0.4, -0.2) is 16.5 Å². The zero-order valence-corrected chi connectivity index (χ0v) is 13.1. The predicted octanol–water partition coefficient (Wildman–Crippen LogP) is 3.20. The minimum absolute atomic E-state index is 0.358. The highest BCUT2D eigenvalue weighted by molar-refractivity contribution is 9.10. The normalized spacial score (nSPS) is 12.4. The van der Waals surface area contributed by atoms with E-state index in [1.54, 1.807) is 13.2 Å². The van der Waals surface area contributed by atoms with E-state index in [4.69, 9.17) is 9.26 Å². The monoisotopic (exact) mass is 343 g/mol. The van der Waals surface area contributed by atoms with Crippen LogP contribution in [0.3, 0.4) is 0 Å². The number of ether oxygens (including phenoxy) is 1. The molecule has 0 fully saturated rings. The van der Waals surface area contributed by atoms with E-state index in [1.165, 1.54) is 0 Å². The summed E-state index contributed by atoms with van der Waals surface area (Å²) in [4.78, 5) is 0. The van der Waals surface area contributed by atoms with Gasteiger partial charge in [-0.1, -0.05) is 21.1 Å². The molecule has 0 amide bonds. The number of hydrogen-bond donors (Lipinski definition) is 0. The Kier molecular flexibility index (Phi) is 4.76. The molecule has 2 aromatic rings. The third-order valence-electron chi connectivity index (χ3n) is 2.54. The second kappa shape index (κ2) is 6.34. The highest BCUT2D eigenvalue weighted by Gasteiger charge is 2.11. The Hall–Kier alpha value is -1.14. The summed E-state index contributed by atoms with van der Waals surface area (Å²) in [6.45, 7) is 1.84. The van der Waals surface area contributed by atoms with Crippen LogP contribution in [0, 0.1) is 6.92 Å². The van der Waals surface area contributed by atoms with Crippen molar-refractivity contribution in [3.63, 3.8) is 0 Å². The Morgan fingerprint density at radius 1 is 1.37 bits per heavy atom. The fourth-order valence-corrected chi connectivity index (χ4v) is 3.26. The Balaban J connectivity index is 2.08. The van der Waals surface area contributed by atoms with Gasteiger partial charge in [-0.15, -0.1) is 0 Å². The van der Waals surface area contributed by atoms with Crippen LogP contribution in [0.4, 0.5) is 0 Å². The average Bonchev–Trinajstić information content (AvgIpc) is 2.75. The average molecular weight is 344 g/mol. The maximum Gasteiger partial charge on any atom is 0.149 e. The van der Waals surface area contributed by atoms with Crippen LogP contribution in [0.2, 0.25) is 0 Å². The molecule has 1 aromatic heterocycles. The number of benzene rings is 1. The van der Waals surface area contributed by atoms with Crippen molar-refractivity contribution in [1.82, 2.24) is 5.16 Å². The number of rotatable bonds is 5. The van der Waals surface area contributed by atoms with E-state index in [1.807, 2.05) is 25.1 Å². The highest BCUT2D eigenvalue weighted by atomic mass is 79.9. The van der Waals surface area contributed by atoms with Crippen LogP contribution in [0.5, 0.6) is 5.75 Å². The van der Waals surface area contributed by atoms with Crippen LogP contribution in [0.25, 0.3) is 0 Å². The van der Waals surface area contributed by atoms with Crippen LogP contribution >= 0.6 is 15.9 Å². The lowest BCUT2D eigenvalue weighted by atomic mass is 10.2. The zero-order valence-electron chi connectivity index (χ0n) is 10.7. The quantitative estimate of drug-likeness (QED) is 0.836. The van der Waals surface area contributed by atoms with Gasteiger partial charge in [-0.05, 0) is 25.1 Å². The SMILES string of the molecule is COc1ccc(Br)cc1CS(=O)Cc1cc(C)no1. The minimum atomic E-state index is -1.06. The van der Waals surface area contributed by atoms with Gasteiger partial charge in [0.25, 0.3) is 0 Å². The van der Waals surface area contributed by atoms with Gasteiger partial charge in [-0.25, -0.2) is 0 Å². The largest absolute Gasteiger partial charge is 0.496 e. The first kappa shape index (κ1) is 14.3. The molecule has 6 heteroatoms. The topological polar surface area (TPSA) is 52.3 Å². The van der Waals surface area contributed by atoms with Gasteiger partial charge in [0.1, 0.15) is 11.5 Å². The van der Waals surface area contributed by atoms with Gasteiger partial charge in [-0.2, -0.15) is 0 Å². The number of methoxy groups -OCH3 is 1. The first-order valence-electron chi connectivity index (χ1n) is 5.68. The fourth-order valence-electron chi connectivity index (χ4n) is 1.73. The van der Waals surface area contributed by atoms with Gasteiger partial charge in [0.15, 0.2) is 0 Å². The Morgan fingerprint density at radius 2 is 2.16 bits per heavy atom. The smallest absolute Gasteiger partial charge is 0.149 e. The lowest BCUT2D eigenvalue weighted by Gasteiger charge is -2.08. The first-order valence-corrected chi connectivity index (χ1v) is 7.96. The second-order valence-electron chi connectivity index (χ2n) is 4.12. The van der Waals surface area contributed by atoms with E-state index in [-0.39, 0.29) is 0 Å². The molecule has 4 nitrogen and oxygen atoms in total. The zero-order chi connectivity index (χ0) is 13.8. The number of aromatic nitrogens is 1. The van der Waals surface area contributed by atoms with Crippen molar-refractivity contribution in [2.75, 3.05) is 7.11 Å². The van der Waals surface area contributed by atoms with Crippen molar-refractivity contribution in [1.29, 1.82) is 0 Å². The molecular formula is C13H14BrNO3S. The molecule has 2 rings (SSSR count). The standard InChI is InChI=1S/C13H14BrNO3S/c1-9-5-12(18-15-9)8-19(16)7-10-6-11(14)3-4-13(10)17-2/h3-6H,7-8H2,1-2H3. The van der Waals surface area contributed by atoms with E-state index in [0.29, 0.717) is 17.3 Å². The van der Waals surface area contributed by atoms with Gasteiger partial charge in [0, 0.05) is 26.9 Å². The van der Waals surface area contributed by atoms with Crippen molar-refractivity contribution in [3.8, 4) is 5.75 Å². The summed E-state index contributed by atoms with van der Waals surface area (Å²) < 4.78 is 23.4. The highest BCUT2D eigenvalue weighted by Crippen LogP contribution is 2.24. The molecule has 0 aliphatic heterocycles. The summed E-state index contributed by atoms with van der Waals surface area (Å²) in [7, 11) is 0.543. The van der Waals surface area contributed by atoms with E-state index in [9.17, 15) is 4.21 Å². The summed E-state index contributed by atoms with van der Waals surface area (Å²) >= 11 is 3.40. The molecule has 102 valence electrons. The molecule has 1 heterocycles. The third-order valence-corrected chi connectivity index (χ3v) is 4.27. The molecule has 0 bridgehead atoms. The Labute approximate surface area is 122 Å². The molecular weight excluding hydrogens is 330 g/mol. The third kappa shape index (κ3) is 3.91. The predicted molar refractivity (Wildman–Crippen MR) is 77.5 cm³/mol. The van der Waals surface area contributed by atoms with Crippen molar-refractivity contribution >= 4 is 26.7 Å². The Morgan fingerprint density at radius 3 is 2.79 bits per heavy atom. The maximum atomic E-state index is 12.1. The lowest BCUT2D eigenvalue weighted by Crippen LogP contribution is -2.01. The van der Waals surface area contributed by atoms with Crippen LogP contribution in [0.1, 0.15) is 17.0 Å². The molecule has 0 N–H and O–H groups in total.